The van der Waals surface area contributed by atoms with E-state index in [-0.39, 0.29) is 30.1 Å². The van der Waals surface area contributed by atoms with Crippen LogP contribution in [0.2, 0.25) is 0 Å². The summed E-state index contributed by atoms with van der Waals surface area (Å²) in [7, 11) is 0. The molecule has 0 spiro atoms. The third-order valence-corrected chi connectivity index (χ3v) is 3.28. The van der Waals surface area contributed by atoms with Gasteiger partial charge in [0.25, 0.3) is 0 Å². The minimum atomic E-state index is -0.300. The molecule has 0 aliphatic heterocycles. The Labute approximate surface area is 126 Å². The van der Waals surface area contributed by atoms with Crippen LogP contribution in [0.15, 0.2) is 4.52 Å². The van der Waals surface area contributed by atoms with Crippen LogP contribution in [0, 0.1) is 19.3 Å². The number of aryl methyl sites for hydroxylation is 2. The van der Waals surface area contributed by atoms with Crippen LogP contribution < -0.4 is 10.6 Å². The average Bonchev–Trinajstić information content (AvgIpc) is 2.66. The van der Waals surface area contributed by atoms with Gasteiger partial charge in [0.1, 0.15) is 5.76 Å². The van der Waals surface area contributed by atoms with Crippen LogP contribution in [0.25, 0.3) is 0 Å². The standard InChI is InChI=1S/C15H27N3O3/c1-9(13-10(2)18-21-11(13)3)16-14(20)17-12(8-19)7-15(4,5)6/h9,12,19H,7-8H2,1-6H3,(H2,16,17,20). The highest BCUT2D eigenvalue weighted by atomic mass is 16.5. The van der Waals surface area contributed by atoms with E-state index in [0.717, 1.165) is 11.3 Å². The van der Waals surface area contributed by atoms with Crippen molar-refractivity contribution in [2.45, 2.75) is 60.0 Å². The van der Waals surface area contributed by atoms with Gasteiger partial charge in [-0.1, -0.05) is 25.9 Å². The molecular formula is C15H27N3O3. The van der Waals surface area contributed by atoms with Gasteiger partial charge in [0.05, 0.1) is 24.4 Å². The van der Waals surface area contributed by atoms with E-state index in [1.165, 1.54) is 0 Å². The summed E-state index contributed by atoms with van der Waals surface area (Å²) >= 11 is 0. The predicted octanol–water partition coefficient (Wildman–Crippen LogP) is 2.45. The Balaban J connectivity index is 2.60. The molecule has 6 nitrogen and oxygen atoms in total. The summed E-state index contributed by atoms with van der Waals surface area (Å²) in [4.78, 5) is 12.0. The van der Waals surface area contributed by atoms with E-state index in [4.69, 9.17) is 4.52 Å². The first-order valence-electron chi connectivity index (χ1n) is 7.24. The number of urea groups is 1. The molecule has 0 fully saturated rings. The molecule has 6 heteroatoms. The third-order valence-electron chi connectivity index (χ3n) is 3.28. The molecule has 120 valence electrons. The largest absolute Gasteiger partial charge is 0.394 e. The van der Waals surface area contributed by atoms with Gasteiger partial charge in [-0.15, -0.1) is 0 Å². The number of hydrogen-bond donors (Lipinski definition) is 3. The number of amides is 2. The number of nitrogens with zero attached hydrogens (tertiary/aromatic N) is 1. The molecule has 0 radical (unpaired) electrons. The number of aliphatic hydroxyl groups is 1. The molecule has 2 amide bonds. The van der Waals surface area contributed by atoms with E-state index < -0.39 is 0 Å². The quantitative estimate of drug-likeness (QED) is 0.779. The van der Waals surface area contributed by atoms with Crippen molar-refractivity contribution in [1.29, 1.82) is 0 Å². The highest BCUT2D eigenvalue weighted by Crippen LogP contribution is 2.22. The van der Waals surface area contributed by atoms with E-state index in [1.807, 2.05) is 20.8 Å². The van der Waals surface area contributed by atoms with E-state index in [9.17, 15) is 9.90 Å². The Morgan fingerprint density at radius 2 is 1.95 bits per heavy atom. The summed E-state index contributed by atoms with van der Waals surface area (Å²) in [5, 5.41) is 18.9. The lowest BCUT2D eigenvalue weighted by Crippen LogP contribution is -2.46. The number of carbonyl (C=O) groups is 1. The molecule has 1 rings (SSSR count). The Hall–Kier alpha value is -1.56. The van der Waals surface area contributed by atoms with Gasteiger partial charge in [-0.3, -0.25) is 0 Å². The molecule has 21 heavy (non-hydrogen) atoms. The molecule has 0 saturated carbocycles. The smallest absolute Gasteiger partial charge is 0.315 e. The van der Waals surface area contributed by atoms with Gasteiger partial charge < -0.3 is 20.3 Å². The Bertz CT molecular complexity index is 457. The molecule has 0 bridgehead atoms. The van der Waals surface area contributed by atoms with Gasteiger partial charge in [-0.05, 0) is 32.6 Å². The number of carbonyl (C=O) groups excluding carboxylic acids is 1. The van der Waals surface area contributed by atoms with E-state index in [0.29, 0.717) is 12.2 Å². The lowest BCUT2D eigenvalue weighted by Gasteiger charge is -2.26. The van der Waals surface area contributed by atoms with Crippen molar-refractivity contribution in [3.05, 3.63) is 17.0 Å². The maximum atomic E-state index is 12.0. The Kier molecular flexibility index (Phi) is 5.78. The zero-order valence-electron chi connectivity index (χ0n) is 13.8. The van der Waals surface area contributed by atoms with Crippen LogP contribution in [0.1, 0.15) is 57.2 Å². The maximum Gasteiger partial charge on any atom is 0.315 e. The van der Waals surface area contributed by atoms with Crippen molar-refractivity contribution in [3.8, 4) is 0 Å². The molecule has 3 N–H and O–H groups in total. The van der Waals surface area contributed by atoms with Crippen molar-refractivity contribution in [2.24, 2.45) is 5.41 Å². The van der Waals surface area contributed by atoms with Crippen molar-refractivity contribution < 1.29 is 14.4 Å². The lowest BCUT2D eigenvalue weighted by molar-refractivity contribution is 0.189. The number of rotatable bonds is 5. The monoisotopic (exact) mass is 297 g/mol. The second-order valence-electron chi connectivity index (χ2n) is 6.72. The molecular weight excluding hydrogens is 270 g/mol. The molecule has 1 aromatic heterocycles. The number of aromatic nitrogens is 1. The molecule has 0 aliphatic carbocycles. The Morgan fingerprint density at radius 1 is 1.33 bits per heavy atom. The van der Waals surface area contributed by atoms with E-state index in [2.05, 4.69) is 36.6 Å². The van der Waals surface area contributed by atoms with Crippen LogP contribution in [0.3, 0.4) is 0 Å². The second-order valence-corrected chi connectivity index (χ2v) is 6.72. The van der Waals surface area contributed by atoms with Crippen LogP contribution in [0.5, 0.6) is 0 Å². The van der Waals surface area contributed by atoms with Gasteiger partial charge in [0.2, 0.25) is 0 Å². The highest BCUT2D eigenvalue weighted by molar-refractivity contribution is 5.74. The molecule has 0 aliphatic rings. The van der Waals surface area contributed by atoms with Gasteiger partial charge in [-0.2, -0.15) is 0 Å². The summed E-state index contributed by atoms with van der Waals surface area (Å²) in [5.41, 5.74) is 1.70. The molecule has 2 atom stereocenters. The van der Waals surface area contributed by atoms with E-state index >= 15 is 0 Å². The van der Waals surface area contributed by atoms with E-state index in [1.54, 1.807) is 0 Å². The molecule has 1 aromatic rings. The SMILES string of the molecule is Cc1noc(C)c1C(C)NC(=O)NC(CO)CC(C)(C)C. The van der Waals surface area contributed by atoms with Crippen LogP contribution in [-0.2, 0) is 0 Å². The van der Waals surface area contributed by atoms with Gasteiger partial charge in [0.15, 0.2) is 0 Å². The van der Waals surface area contributed by atoms with Crippen molar-refractivity contribution in [1.82, 2.24) is 15.8 Å². The predicted molar refractivity (Wildman–Crippen MR) is 81.0 cm³/mol. The summed E-state index contributed by atoms with van der Waals surface area (Å²) in [6.07, 6.45) is 0.705. The zero-order valence-corrected chi connectivity index (χ0v) is 13.8. The van der Waals surface area contributed by atoms with Crippen LogP contribution in [0.4, 0.5) is 4.79 Å². The maximum absolute atomic E-state index is 12.0. The topological polar surface area (TPSA) is 87.4 Å². The third kappa shape index (κ3) is 5.38. The van der Waals surface area contributed by atoms with Gasteiger partial charge >= 0.3 is 6.03 Å². The highest BCUT2D eigenvalue weighted by Gasteiger charge is 2.22. The van der Waals surface area contributed by atoms with Crippen molar-refractivity contribution in [2.75, 3.05) is 6.61 Å². The van der Waals surface area contributed by atoms with Gasteiger partial charge in [0, 0.05) is 5.56 Å². The minimum absolute atomic E-state index is 0.0357. The number of nitrogens with one attached hydrogen (secondary N) is 2. The molecule has 0 aromatic carbocycles. The second kappa shape index (κ2) is 6.93. The van der Waals surface area contributed by atoms with Crippen molar-refractivity contribution in [3.63, 3.8) is 0 Å². The lowest BCUT2D eigenvalue weighted by atomic mass is 9.88. The molecule has 0 saturated heterocycles. The summed E-state index contributed by atoms with van der Waals surface area (Å²) < 4.78 is 5.10. The fourth-order valence-corrected chi connectivity index (χ4v) is 2.50. The number of hydrogen-bond acceptors (Lipinski definition) is 4. The first-order valence-corrected chi connectivity index (χ1v) is 7.24. The fourth-order valence-electron chi connectivity index (χ4n) is 2.50. The minimum Gasteiger partial charge on any atom is -0.394 e. The van der Waals surface area contributed by atoms with Crippen LogP contribution >= 0.6 is 0 Å². The summed E-state index contributed by atoms with van der Waals surface area (Å²) in [6, 6.07) is -0.766. The first kappa shape index (κ1) is 17.5. The van der Waals surface area contributed by atoms with Gasteiger partial charge in [-0.25, -0.2) is 4.79 Å². The van der Waals surface area contributed by atoms with Crippen molar-refractivity contribution >= 4 is 6.03 Å². The first-order chi connectivity index (χ1) is 9.64. The number of aliphatic hydroxyl groups excluding tert-OH is 1. The Morgan fingerprint density at radius 3 is 2.38 bits per heavy atom. The molecule has 2 unspecified atom stereocenters. The summed E-state index contributed by atoms with van der Waals surface area (Å²) in [6.45, 7) is 11.7. The fraction of sp³-hybridized carbons (Fsp3) is 0.733. The average molecular weight is 297 g/mol. The van der Waals surface area contributed by atoms with Crippen LogP contribution in [-0.4, -0.2) is 28.9 Å². The molecule has 1 heterocycles. The normalized spacial score (nSPS) is 14.6. The summed E-state index contributed by atoms with van der Waals surface area (Å²) in [5.74, 6) is 0.702. The zero-order chi connectivity index (χ0) is 16.2.